The molecule has 0 aromatic heterocycles. The number of carbonyl (C=O) groups is 1. The van der Waals surface area contributed by atoms with Gasteiger partial charge in [0.05, 0.1) is 6.42 Å². The molecule has 20 heavy (non-hydrogen) atoms. The summed E-state index contributed by atoms with van der Waals surface area (Å²) < 4.78 is 19.0. The number of fused-ring (bicyclic) bond motifs is 1. The number of unbranched alkanes of at least 4 members (excludes halogenated alkanes) is 1. The Bertz CT molecular complexity index is 369. The molecule has 1 aliphatic carbocycles. The van der Waals surface area contributed by atoms with Gasteiger partial charge in [0.1, 0.15) is 18.4 Å². The fourth-order valence-corrected chi connectivity index (χ4v) is 3.45. The first-order valence-corrected chi connectivity index (χ1v) is 7.72. The van der Waals surface area contributed by atoms with Crippen molar-refractivity contribution in [2.45, 2.75) is 64.3 Å². The number of rotatable bonds is 6. The Balaban J connectivity index is 1.91. The minimum absolute atomic E-state index is 0.0190. The van der Waals surface area contributed by atoms with Crippen LogP contribution in [0.2, 0.25) is 0 Å². The molecule has 0 aromatic rings. The second-order valence-electron chi connectivity index (χ2n) is 6.22. The van der Waals surface area contributed by atoms with Crippen LogP contribution in [0.3, 0.4) is 0 Å². The van der Waals surface area contributed by atoms with Crippen LogP contribution in [-0.2, 0) is 9.53 Å². The first-order valence-electron chi connectivity index (χ1n) is 7.72. The number of carbonyl (C=O) groups excluding carboxylic acids is 1. The molecule has 4 heteroatoms. The zero-order valence-electron chi connectivity index (χ0n) is 12.3. The van der Waals surface area contributed by atoms with Crippen LogP contribution in [0.15, 0.2) is 12.2 Å². The molecule has 2 fully saturated rings. The van der Waals surface area contributed by atoms with Crippen molar-refractivity contribution in [3.63, 3.8) is 0 Å². The molecule has 1 heterocycles. The van der Waals surface area contributed by atoms with E-state index in [2.05, 4.69) is 6.92 Å². The van der Waals surface area contributed by atoms with Crippen LogP contribution < -0.4 is 0 Å². The van der Waals surface area contributed by atoms with Crippen molar-refractivity contribution in [1.82, 2.24) is 0 Å². The summed E-state index contributed by atoms with van der Waals surface area (Å²) in [5.74, 6) is 0.696. The van der Waals surface area contributed by atoms with Crippen molar-refractivity contribution in [2.24, 2.45) is 17.8 Å². The molecule has 1 saturated heterocycles. The van der Waals surface area contributed by atoms with E-state index >= 15 is 0 Å². The van der Waals surface area contributed by atoms with Crippen LogP contribution in [0, 0.1) is 17.8 Å². The van der Waals surface area contributed by atoms with Gasteiger partial charge in [0.25, 0.3) is 0 Å². The largest absolute Gasteiger partial charge is 0.462 e. The van der Waals surface area contributed by atoms with E-state index in [1.165, 1.54) is 0 Å². The topological polar surface area (TPSA) is 46.5 Å². The molecule has 0 spiro atoms. The van der Waals surface area contributed by atoms with Crippen LogP contribution in [0.25, 0.3) is 0 Å². The molecule has 1 aliphatic heterocycles. The van der Waals surface area contributed by atoms with Crippen molar-refractivity contribution in [2.75, 3.05) is 0 Å². The molecule has 1 N–H and O–H groups in total. The molecular weight excluding hydrogens is 259 g/mol. The zero-order valence-corrected chi connectivity index (χ0v) is 12.3. The Labute approximate surface area is 120 Å². The molecule has 3 nitrogen and oxygen atoms in total. The monoisotopic (exact) mass is 284 g/mol. The second-order valence-corrected chi connectivity index (χ2v) is 6.22. The van der Waals surface area contributed by atoms with Gasteiger partial charge in [-0.25, -0.2) is 4.39 Å². The number of alkyl halides is 1. The van der Waals surface area contributed by atoms with E-state index in [0.717, 1.165) is 19.3 Å². The van der Waals surface area contributed by atoms with Gasteiger partial charge in [-0.2, -0.15) is 0 Å². The van der Waals surface area contributed by atoms with Crippen LogP contribution in [-0.4, -0.2) is 29.5 Å². The Kier molecular flexibility index (Phi) is 5.19. The Morgan fingerprint density at radius 3 is 3.00 bits per heavy atom. The van der Waals surface area contributed by atoms with Gasteiger partial charge in [-0.15, -0.1) is 0 Å². The molecule has 0 bridgehead atoms. The lowest BCUT2D eigenvalue weighted by Gasteiger charge is -2.17. The molecule has 0 amide bonds. The molecule has 2 rings (SSSR count). The van der Waals surface area contributed by atoms with Crippen molar-refractivity contribution in [3.05, 3.63) is 12.2 Å². The average Bonchev–Trinajstić information content (AvgIpc) is 2.88. The average molecular weight is 284 g/mol. The number of allylic oxidation sites excluding steroid dienone is 1. The summed E-state index contributed by atoms with van der Waals surface area (Å²) in [4.78, 5) is 11.3. The van der Waals surface area contributed by atoms with Gasteiger partial charge < -0.3 is 9.84 Å². The summed E-state index contributed by atoms with van der Waals surface area (Å²) in [5.41, 5.74) is 0. The summed E-state index contributed by atoms with van der Waals surface area (Å²) in [6.45, 7) is 4.13. The molecular formula is C16H25FO3. The highest BCUT2D eigenvalue weighted by atomic mass is 19.1. The number of hydrogen-bond donors (Lipinski definition) is 1. The van der Waals surface area contributed by atoms with Crippen LogP contribution >= 0.6 is 0 Å². The molecule has 0 radical (unpaired) electrons. The predicted molar refractivity (Wildman–Crippen MR) is 74.8 cm³/mol. The third-order valence-corrected chi connectivity index (χ3v) is 4.65. The number of hydrogen-bond acceptors (Lipinski definition) is 3. The lowest BCUT2D eigenvalue weighted by molar-refractivity contribution is -0.141. The number of aliphatic hydroxyl groups excluding tert-OH is 1. The molecule has 0 unspecified atom stereocenters. The first kappa shape index (κ1) is 15.5. The minimum atomic E-state index is -1.19. The predicted octanol–water partition coefficient (Wildman–Crippen LogP) is 3.02. The van der Waals surface area contributed by atoms with Gasteiger partial charge in [0, 0.05) is 5.92 Å². The molecule has 1 saturated carbocycles. The Morgan fingerprint density at radius 2 is 2.30 bits per heavy atom. The van der Waals surface area contributed by atoms with E-state index in [-0.39, 0.29) is 23.9 Å². The number of aliphatic hydroxyl groups is 1. The third kappa shape index (κ3) is 3.40. The third-order valence-electron chi connectivity index (χ3n) is 4.65. The summed E-state index contributed by atoms with van der Waals surface area (Å²) >= 11 is 0. The summed E-state index contributed by atoms with van der Waals surface area (Å²) in [7, 11) is 0. The van der Waals surface area contributed by atoms with Crippen LogP contribution in [0.5, 0.6) is 0 Å². The maximum Gasteiger partial charge on any atom is 0.306 e. The number of halogens is 1. The molecule has 2 aliphatic rings. The van der Waals surface area contributed by atoms with E-state index < -0.39 is 12.3 Å². The highest BCUT2D eigenvalue weighted by molar-refractivity contribution is 5.72. The molecule has 6 atom stereocenters. The highest BCUT2D eigenvalue weighted by Crippen LogP contribution is 2.45. The van der Waals surface area contributed by atoms with Gasteiger partial charge in [-0.3, -0.25) is 4.79 Å². The van der Waals surface area contributed by atoms with E-state index in [0.29, 0.717) is 18.8 Å². The van der Waals surface area contributed by atoms with Crippen molar-refractivity contribution in [1.29, 1.82) is 0 Å². The van der Waals surface area contributed by atoms with Crippen molar-refractivity contribution in [3.8, 4) is 0 Å². The fraction of sp³-hybridized carbons (Fsp3) is 0.812. The quantitative estimate of drug-likeness (QED) is 0.602. The Morgan fingerprint density at radius 1 is 1.55 bits per heavy atom. The summed E-state index contributed by atoms with van der Waals surface area (Å²) in [6.07, 6.45) is 4.71. The van der Waals surface area contributed by atoms with Gasteiger partial charge in [-0.05, 0) is 24.7 Å². The van der Waals surface area contributed by atoms with Gasteiger partial charge >= 0.3 is 5.97 Å². The van der Waals surface area contributed by atoms with E-state index in [1.54, 1.807) is 6.08 Å². The van der Waals surface area contributed by atoms with Gasteiger partial charge in [-0.1, -0.05) is 38.8 Å². The van der Waals surface area contributed by atoms with Crippen LogP contribution in [0.4, 0.5) is 4.39 Å². The normalized spacial score (nSPS) is 36.1. The van der Waals surface area contributed by atoms with E-state index in [9.17, 15) is 14.3 Å². The SMILES string of the molecule is CCCC[C@H](F)[C@H](O)C=C[C@@H]1[C@H]2CC(=O)O[C@H]2C[C@H]1C. The maximum atomic E-state index is 13.7. The Hall–Kier alpha value is -0.900. The number of esters is 1. The fourth-order valence-electron chi connectivity index (χ4n) is 3.45. The standard InChI is InChI=1S/C16H25FO3/c1-3-4-5-13(17)14(18)7-6-11-10(2)8-15-12(11)9-16(19)20-15/h6-7,10-15,18H,3-5,8-9H2,1-2H3/t10-,11+,12-,13+,14-,15+/m1/s1. The lowest BCUT2D eigenvalue weighted by atomic mass is 9.87. The first-order chi connectivity index (χ1) is 9.52. The lowest BCUT2D eigenvalue weighted by Crippen LogP contribution is -2.20. The smallest absolute Gasteiger partial charge is 0.306 e. The van der Waals surface area contributed by atoms with Crippen molar-refractivity contribution < 1.29 is 19.0 Å². The van der Waals surface area contributed by atoms with E-state index in [4.69, 9.17) is 4.74 Å². The van der Waals surface area contributed by atoms with Crippen LogP contribution in [0.1, 0.15) is 46.0 Å². The second kappa shape index (κ2) is 6.70. The summed E-state index contributed by atoms with van der Waals surface area (Å²) in [5, 5.41) is 9.82. The summed E-state index contributed by atoms with van der Waals surface area (Å²) in [6, 6.07) is 0. The zero-order chi connectivity index (χ0) is 14.7. The number of ether oxygens (including phenoxy) is 1. The van der Waals surface area contributed by atoms with E-state index in [1.807, 2.05) is 13.0 Å². The van der Waals surface area contributed by atoms with Crippen molar-refractivity contribution >= 4 is 5.97 Å². The van der Waals surface area contributed by atoms with Gasteiger partial charge in [0.15, 0.2) is 0 Å². The highest BCUT2D eigenvalue weighted by Gasteiger charge is 2.47. The molecule has 114 valence electrons. The van der Waals surface area contributed by atoms with Gasteiger partial charge in [0.2, 0.25) is 0 Å². The minimum Gasteiger partial charge on any atom is -0.462 e. The molecule has 0 aromatic carbocycles. The maximum absolute atomic E-state index is 13.7.